The predicted octanol–water partition coefficient (Wildman–Crippen LogP) is 4.28. The van der Waals surface area contributed by atoms with Gasteiger partial charge in [-0.25, -0.2) is 4.99 Å². The third kappa shape index (κ3) is 2.61. The van der Waals surface area contributed by atoms with Crippen LogP contribution in [0.1, 0.15) is 24.4 Å². The minimum Gasteiger partial charge on any atom is -0.297 e. The molecule has 2 bridgehead atoms. The predicted molar refractivity (Wildman–Crippen MR) is 101 cm³/mol. The van der Waals surface area contributed by atoms with Gasteiger partial charge in [0.05, 0.1) is 10.7 Å². The topological polar surface area (TPSA) is 28.5 Å². The fraction of sp³-hybridized carbons (Fsp3) is 0.400. The molecule has 5 atom stereocenters. The summed E-state index contributed by atoms with van der Waals surface area (Å²) in [7, 11) is 0. The fourth-order valence-corrected chi connectivity index (χ4v) is 4.61. The first-order valence-electron chi connectivity index (χ1n) is 8.59. The molecule has 2 aromatic rings. The van der Waals surface area contributed by atoms with E-state index in [9.17, 15) is 0 Å². The Morgan fingerprint density at radius 1 is 1.38 bits per heavy atom. The van der Waals surface area contributed by atoms with E-state index in [4.69, 9.17) is 12.2 Å². The van der Waals surface area contributed by atoms with Crippen LogP contribution in [0.2, 0.25) is 0 Å². The number of piperidine rings is 3. The first-order chi connectivity index (χ1) is 11.8. The van der Waals surface area contributed by atoms with Crippen molar-refractivity contribution < 1.29 is 0 Å². The zero-order chi connectivity index (χ0) is 16.5. The lowest BCUT2D eigenvalue weighted by Gasteiger charge is -2.50. The largest absolute Gasteiger partial charge is 0.297 e. The van der Waals surface area contributed by atoms with Gasteiger partial charge < -0.3 is 0 Å². The van der Waals surface area contributed by atoms with Crippen molar-refractivity contribution in [2.45, 2.75) is 24.9 Å². The Hall–Kier alpha value is -1.87. The van der Waals surface area contributed by atoms with E-state index in [0.29, 0.717) is 17.9 Å². The van der Waals surface area contributed by atoms with Crippen molar-refractivity contribution in [3.05, 3.63) is 54.7 Å². The normalized spacial score (nSPS) is 29.8. The van der Waals surface area contributed by atoms with Crippen LogP contribution in [0.25, 0.3) is 10.9 Å². The number of fused-ring (bicyclic) bond motifs is 4. The molecule has 3 nitrogen and oxygen atoms in total. The van der Waals surface area contributed by atoms with Crippen molar-refractivity contribution in [1.29, 1.82) is 0 Å². The van der Waals surface area contributed by atoms with Gasteiger partial charge in [-0.3, -0.25) is 9.88 Å². The fourth-order valence-electron chi connectivity index (χ4n) is 4.50. The summed E-state index contributed by atoms with van der Waals surface area (Å²) in [6.45, 7) is 6.25. The molecule has 0 aliphatic carbocycles. The number of nitrogens with zero attached hydrogens (tertiary/aromatic N) is 3. The van der Waals surface area contributed by atoms with Crippen LogP contribution in [-0.4, -0.2) is 34.2 Å². The summed E-state index contributed by atoms with van der Waals surface area (Å²) in [4.78, 5) is 11.7. The van der Waals surface area contributed by atoms with E-state index in [1.165, 1.54) is 17.4 Å². The van der Waals surface area contributed by atoms with E-state index < -0.39 is 0 Å². The van der Waals surface area contributed by atoms with Crippen LogP contribution in [-0.2, 0) is 0 Å². The van der Waals surface area contributed by atoms with Gasteiger partial charge in [0.1, 0.15) is 6.04 Å². The van der Waals surface area contributed by atoms with Crippen LogP contribution in [0.4, 0.5) is 0 Å². The van der Waals surface area contributed by atoms with Crippen LogP contribution in [0.5, 0.6) is 0 Å². The summed E-state index contributed by atoms with van der Waals surface area (Å²) in [5, 5.41) is 3.82. The van der Waals surface area contributed by atoms with Gasteiger partial charge in [0.25, 0.3) is 0 Å². The Kier molecular flexibility index (Phi) is 4.28. The standard InChI is InChI=1S/C20H21N3S/c1-2-14-12-23-10-8-15(14)11-19(23)20(22-13-24)17-7-9-21-18-6-4-3-5-16(17)18/h2-7,9,14-15,19-20H,1,8,10-12H2/t14?,15?,19-,20-/m1/s1. The molecule has 0 saturated carbocycles. The third-order valence-corrected chi connectivity index (χ3v) is 5.82. The van der Waals surface area contributed by atoms with Crippen LogP contribution in [0.3, 0.4) is 0 Å². The number of aliphatic imine (C=N–C) groups is 1. The van der Waals surface area contributed by atoms with Gasteiger partial charge >= 0.3 is 0 Å². The van der Waals surface area contributed by atoms with Crippen molar-refractivity contribution >= 4 is 28.3 Å². The van der Waals surface area contributed by atoms with Gasteiger partial charge in [-0.2, -0.15) is 0 Å². The maximum atomic E-state index is 4.99. The molecule has 0 radical (unpaired) electrons. The highest BCUT2D eigenvalue weighted by molar-refractivity contribution is 7.78. The maximum absolute atomic E-state index is 4.99. The number of para-hydroxylation sites is 1. The lowest BCUT2D eigenvalue weighted by Crippen LogP contribution is -2.54. The van der Waals surface area contributed by atoms with E-state index in [1.54, 1.807) is 0 Å². The Balaban J connectivity index is 1.75. The van der Waals surface area contributed by atoms with Gasteiger partial charge in [-0.05, 0) is 61.1 Å². The lowest BCUT2D eigenvalue weighted by molar-refractivity contribution is 0.00801. The molecule has 3 aliphatic heterocycles. The highest BCUT2D eigenvalue weighted by Crippen LogP contribution is 2.43. The van der Waals surface area contributed by atoms with Crippen LogP contribution in [0, 0.1) is 11.8 Å². The molecule has 3 aliphatic rings. The summed E-state index contributed by atoms with van der Waals surface area (Å²) in [6, 6.07) is 10.8. The summed E-state index contributed by atoms with van der Waals surface area (Å²) in [6.07, 6.45) is 6.43. The summed E-state index contributed by atoms with van der Waals surface area (Å²) in [5.41, 5.74) is 2.23. The zero-order valence-electron chi connectivity index (χ0n) is 13.6. The minimum absolute atomic E-state index is 0.0314. The number of hydrogen-bond acceptors (Lipinski definition) is 4. The molecule has 3 saturated heterocycles. The molecule has 4 heterocycles. The number of isothiocyanates is 1. The van der Waals surface area contributed by atoms with E-state index >= 15 is 0 Å². The number of hydrogen-bond donors (Lipinski definition) is 0. The molecule has 0 spiro atoms. The molecule has 24 heavy (non-hydrogen) atoms. The Bertz CT molecular complexity index is 806. The van der Waals surface area contributed by atoms with Crippen molar-refractivity contribution in [2.75, 3.05) is 13.1 Å². The van der Waals surface area contributed by atoms with Crippen LogP contribution in [0.15, 0.2) is 54.2 Å². The number of rotatable bonds is 4. The molecule has 3 unspecified atom stereocenters. The number of benzene rings is 1. The van der Waals surface area contributed by atoms with E-state index in [1.807, 2.05) is 12.3 Å². The lowest BCUT2D eigenvalue weighted by atomic mass is 9.73. The molecule has 4 heteroatoms. The van der Waals surface area contributed by atoms with Crippen molar-refractivity contribution in [1.82, 2.24) is 9.88 Å². The molecule has 1 aromatic heterocycles. The summed E-state index contributed by atoms with van der Waals surface area (Å²) < 4.78 is 0. The van der Waals surface area contributed by atoms with E-state index in [0.717, 1.165) is 25.0 Å². The monoisotopic (exact) mass is 335 g/mol. The van der Waals surface area contributed by atoms with Gasteiger partial charge in [0.15, 0.2) is 0 Å². The highest BCUT2D eigenvalue weighted by Gasteiger charge is 2.42. The molecule has 0 amide bonds. The molecule has 0 N–H and O–H groups in total. The van der Waals surface area contributed by atoms with Gasteiger partial charge in [0.2, 0.25) is 0 Å². The average Bonchev–Trinajstić information content (AvgIpc) is 2.66. The van der Waals surface area contributed by atoms with Crippen molar-refractivity contribution in [2.24, 2.45) is 16.8 Å². The Morgan fingerprint density at radius 3 is 3.00 bits per heavy atom. The molecular formula is C20H21N3S. The van der Waals surface area contributed by atoms with Crippen LogP contribution >= 0.6 is 12.2 Å². The second-order valence-corrected chi connectivity index (χ2v) is 7.01. The molecule has 1 aromatic carbocycles. The van der Waals surface area contributed by atoms with Gasteiger partial charge in [-0.15, -0.1) is 6.58 Å². The molecular weight excluding hydrogens is 314 g/mol. The molecule has 3 fully saturated rings. The smallest absolute Gasteiger partial charge is 0.101 e. The Morgan fingerprint density at radius 2 is 2.25 bits per heavy atom. The highest BCUT2D eigenvalue weighted by atomic mass is 32.1. The molecule has 122 valence electrons. The van der Waals surface area contributed by atoms with E-state index in [2.05, 4.69) is 57.0 Å². The second-order valence-electron chi connectivity index (χ2n) is 6.83. The van der Waals surface area contributed by atoms with Crippen LogP contribution < -0.4 is 0 Å². The second kappa shape index (κ2) is 6.56. The van der Waals surface area contributed by atoms with E-state index in [-0.39, 0.29) is 6.04 Å². The molecule has 5 rings (SSSR count). The minimum atomic E-state index is 0.0314. The van der Waals surface area contributed by atoms with Crippen molar-refractivity contribution in [3.63, 3.8) is 0 Å². The van der Waals surface area contributed by atoms with Crippen molar-refractivity contribution in [3.8, 4) is 0 Å². The first kappa shape index (κ1) is 15.6. The quantitative estimate of drug-likeness (QED) is 0.474. The maximum Gasteiger partial charge on any atom is 0.101 e. The SMILES string of the molecule is C=CC1CN2CCC1C[C@@H]2[C@H](N=C=S)c1ccnc2ccccc12. The first-order valence-corrected chi connectivity index (χ1v) is 9.00. The summed E-state index contributed by atoms with van der Waals surface area (Å²) in [5.74, 6) is 1.33. The average molecular weight is 335 g/mol. The Labute approximate surface area is 148 Å². The number of pyridine rings is 1. The number of aromatic nitrogens is 1. The van der Waals surface area contributed by atoms with Gasteiger partial charge in [-0.1, -0.05) is 24.3 Å². The van der Waals surface area contributed by atoms with Gasteiger partial charge in [0, 0.05) is 24.2 Å². The third-order valence-electron chi connectivity index (χ3n) is 5.71. The zero-order valence-corrected chi connectivity index (χ0v) is 14.5. The summed E-state index contributed by atoms with van der Waals surface area (Å²) >= 11 is 4.99. The number of thiocarbonyl (C=S) groups is 1.